The van der Waals surface area contributed by atoms with E-state index in [2.05, 4.69) is 0 Å². The molecule has 0 unspecified atom stereocenters. The van der Waals surface area contributed by atoms with Gasteiger partial charge in [0.15, 0.2) is 0 Å². The normalized spacial score (nSPS) is 10.7. The predicted octanol–water partition coefficient (Wildman–Crippen LogP) is 6.32. The largest absolute Gasteiger partial charge is 0.478 e. The van der Waals surface area contributed by atoms with Crippen molar-refractivity contribution < 1.29 is 9.90 Å². The van der Waals surface area contributed by atoms with Crippen molar-refractivity contribution in [2.24, 2.45) is 0 Å². The van der Waals surface area contributed by atoms with E-state index in [0.717, 1.165) is 0 Å². The second-order valence-electron chi connectivity index (χ2n) is 3.84. The minimum atomic E-state index is -1.16. The van der Waals surface area contributed by atoms with Crippen LogP contribution in [0.2, 0.25) is 25.1 Å². The summed E-state index contributed by atoms with van der Waals surface area (Å²) in [5.74, 6) is -1.16. The van der Waals surface area contributed by atoms with Gasteiger partial charge in [-0.05, 0) is 23.8 Å². The van der Waals surface area contributed by atoms with Gasteiger partial charge in [-0.1, -0.05) is 64.1 Å². The maximum atomic E-state index is 11.3. The Morgan fingerprint density at radius 1 is 0.900 bits per heavy atom. The molecule has 0 heterocycles. The molecular weight excluding hydrogens is 365 g/mol. The second kappa shape index (κ2) is 6.00. The van der Waals surface area contributed by atoms with Crippen LogP contribution in [0.1, 0.15) is 10.4 Å². The minimum Gasteiger partial charge on any atom is -0.478 e. The van der Waals surface area contributed by atoms with Crippen molar-refractivity contribution in [1.82, 2.24) is 0 Å². The third-order valence-electron chi connectivity index (χ3n) is 2.59. The van der Waals surface area contributed by atoms with Gasteiger partial charge < -0.3 is 5.11 Å². The first-order valence-corrected chi connectivity index (χ1v) is 7.08. The van der Waals surface area contributed by atoms with E-state index in [1.54, 1.807) is 0 Å². The summed E-state index contributed by atoms with van der Waals surface area (Å²) >= 11 is 30.0. The summed E-state index contributed by atoms with van der Waals surface area (Å²) in [6.07, 6.45) is 0. The zero-order valence-electron chi connectivity index (χ0n) is 9.55. The predicted molar refractivity (Wildman–Crippen MR) is 83.9 cm³/mol. The van der Waals surface area contributed by atoms with Crippen molar-refractivity contribution in [2.45, 2.75) is 0 Å². The Morgan fingerprint density at radius 3 is 1.95 bits per heavy atom. The Hall–Kier alpha value is -0.640. The lowest BCUT2D eigenvalue weighted by molar-refractivity contribution is 0.0697. The number of carbonyl (C=O) groups is 1. The minimum absolute atomic E-state index is 0.0420. The Morgan fingerprint density at radius 2 is 1.45 bits per heavy atom. The van der Waals surface area contributed by atoms with Gasteiger partial charge in [-0.15, -0.1) is 0 Å². The van der Waals surface area contributed by atoms with Crippen molar-refractivity contribution in [2.75, 3.05) is 0 Å². The summed E-state index contributed by atoms with van der Waals surface area (Å²) in [7, 11) is 0. The van der Waals surface area contributed by atoms with Crippen LogP contribution in [0.25, 0.3) is 11.1 Å². The molecule has 0 aliphatic heterocycles. The van der Waals surface area contributed by atoms with Crippen molar-refractivity contribution >= 4 is 64.0 Å². The third kappa shape index (κ3) is 2.85. The molecule has 2 rings (SSSR count). The molecule has 0 aliphatic carbocycles. The van der Waals surface area contributed by atoms with E-state index in [9.17, 15) is 9.90 Å². The smallest absolute Gasteiger partial charge is 0.336 e. The number of carboxylic acids is 1. The summed E-state index contributed by atoms with van der Waals surface area (Å²) in [4.78, 5) is 11.3. The van der Waals surface area contributed by atoms with E-state index in [1.165, 1.54) is 24.3 Å². The van der Waals surface area contributed by atoms with Gasteiger partial charge in [-0.3, -0.25) is 0 Å². The summed E-state index contributed by atoms with van der Waals surface area (Å²) in [5, 5.41) is 10.2. The Labute approximate surface area is 139 Å². The number of benzene rings is 2. The molecule has 0 aromatic heterocycles. The highest BCUT2D eigenvalue weighted by Crippen LogP contribution is 2.44. The maximum Gasteiger partial charge on any atom is 0.336 e. The van der Waals surface area contributed by atoms with Crippen molar-refractivity contribution in [3.8, 4) is 11.1 Å². The molecule has 2 aromatic rings. The van der Waals surface area contributed by atoms with Crippen LogP contribution in [-0.4, -0.2) is 11.1 Å². The molecule has 0 bridgehead atoms. The van der Waals surface area contributed by atoms with E-state index in [4.69, 9.17) is 58.0 Å². The molecule has 0 amide bonds. The fraction of sp³-hybridized carbons (Fsp3) is 0. The fourth-order valence-corrected chi connectivity index (χ4v) is 2.91. The van der Waals surface area contributed by atoms with Crippen molar-refractivity contribution in [1.29, 1.82) is 0 Å². The summed E-state index contributed by atoms with van der Waals surface area (Å²) < 4.78 is 0. The SMILES string of the molecule is O=C(O)c1cc(Cl)ccc1-c1c(Cl)c(Cl)cc(Cl)c1Cl. The molecule has 7 heteroatoms. The van der Waals surface area contributed by atoms with Gasteiger partial charge in [0, 0.05) is 10.6 Å². The number of rotatable bonds is 2. The van der Waals surface area contributed by atoms with Crippen LogP contribution < -0.4 is 0 Å². The van der Waals surface area contributed by atoms with Gasteiger partial charge in [0.05, 0.1) is 25.7 Å². The van der Waals surface area contributed by atoms with Crippen LogP contribution in [0, 0.1) is 0 Å². The van der Waals surface area contributed by atoms with Crippen LogP contribution >= 0.6 is 58.0 Å². The highest BCUT2D eigenvalue weighted by molar-refractivity contribution is 6.50. The van der Waals surface area contributed by atoms with Crippen LogP contribution in [0.5, 0.6) is 0 Å². The summed E-state index contributed by atoms with van der Waals surface area (Å²) in [5.41, 5.74) is 0.515. The quantitative estimate of drug-likeness (QED) is 0.628. The highest BCUT2D eigenvalue weighted by atomic mass is 35.5. The molecule has 0 saturated heterocycles. The first kappa shape index (κ1) is 15.7. The first-order valence-electron chi connectivity index (χ1n) is 5.19. The Bertz CT molecular complexity index is 686. The second-order valence-corrected chi connectivity index (χ2v) is 5.85. The molecule has 0 saturated carbocycles. The average molecular weight is 370 g/mol. The number of carboxylic acid groups (broad SMARTS) is 1. The maximum absolute atomic E-state index is 11.3. The zero-order chi connectivity index (χ0) is 15.0. The van der Waals surface area contributed by atoms with Gasteiger partial charge >= 0.3 is 5.97 Å². The third-order valence-corrected chi connectivity index (χ3v) is 4.40. The van der Waals surface area contributed by atoms with Crippen LogP contribution in [0.4, 0.5) is 0 Å². The van der Waals surface area contributed by atoms with Gasteiger partial charge in [-0.25, -0.2) is 4.79 Å². The molecule has 2 nitrogen and oxygen atoms in total. The molecule has 0 fully saturated rings. The van der Waals surface area contributed by atoms with Crippen molar-refractivity contribution in [3.63, 3.8) is 0 Å². The first-order chi connectivity index (χ1) is 9.32. The lowest BCUT2D eigenvalue weighted by Crippen LogP contribution is -2.00. The molecule has 0 atom stereocenters. The van der Waals surface area contributed by atoms with Crippen LogP contribution in [0.15, 0.2) is 24.3 Å². The topological polar surface area (TPSA) is 37.3 Å². The molecule has 0 spiro atoms. The van der Waals surface area contributed by atoms with Crippen LogP contribution in [-0.2, 0) is 0 Å². The Balaban J connectivity index is 2.85. The molecular formula is C13H5Cl5O2. The van der Waals surface area contributed by atoms with E-state index < -0.39 is 5.97 Å². The van der Waals surface area contributed by atoms with E-state index in [0.29, 0.717) is 5.56 Å². The molecule has 1 N–H and O–H groups in total. The number of hydrogen-bond donors (Lipinski definition) is 1. The monoisotopic (exact) mass is 368 g/mol. The standard InChI is InChI=1S/C13H5Cl5O2/c14-5-1-2-6(7(3-5)13(19)20)10-11(17)8(15)4-9(16)12(10)18/h1-4H,(H,19,20). The van der Waals surface area contributed by atoms with Gasteiger partial charge in [0.25, 0.3) is 0 Å². The van der Waals surface area contributed by atoms with Crippen LogP contribution in [0.3, 0.4) is 0 Å². The summed E-state index contributed by atoms with van der Waals surface area (Å²) in [6.45, 7) is 0. The molecule has 2 aromatic carbocycles. The van der Waals surface area contributed by atoms with Gasteiger partial charge in [-0.2, -0.15) is 0 Å². The lowest BCUT2D eigenvalue weighted by Gasteiger charge is -2.13. The highest BCUT2D eigenvalue weighted by Gasteiger charge is 2.21. The zero-order valence-corrected chi connectivity index (χ0v) is 13.3. The number of aromatic carboxylic acids is 1. The van der Waals surface area contributed by atoms with Crippen molar-refractivity contribution in [3.05, 3.63) is 54.9 Å². The van der Waals surface area contributed by atoms with Gasteiger partial charge in [0.2, 0.25) is 0 Å². The van der Waals surface area contributed by atoms with E-state index >= 15 is 0 Å². The molecule has 20 heavy (non-hydrogen) atoms. The fourth-order valence-electron chi connectivity index (χ4n) is 1.72. The van der Waals surface area contributed by atoms with Gasteiger partial charge in [0.1, 0.15) is 0 Å². The van der Waals surface area contributed by atoms with E-state index in [1.807, 2.05) is 0 Å². The van der Waals surface area contributed by atoms with E-state index in [-0.39, 0.29) is 36.2 Å². The molecule has 0 radical (unpaired) electrons. The average Bonchev–Trinajstić information content (AvgIpc) is 2.38. The Kier molecular flexibility index (Phi) is 4.73. The lowest BCUT2D eigenvalue weighted by atomic mass is 9.99. The number of hydrogen-bond acceptors (Lipinski definition) is 1. The number of halogens is 5. The summed E-state index contributed by atoms with van der Waals surface area (Å²) in [6, 6.07) is 5.74. The molecule has 104 valence electrons. The molecule has 0 aliphatic rings.